The summed E-state index contributed by atoms with van der Waals surface area (Å²) in [5.74, 6) is 0.954. The van der Waals surface area contributed by atoms with E-state index < -0.39 is 6.10 Å². The zero-order chi connectivity index (χ0) is 23.4. The molecule has 1 N–H and O–H groups in total. The van der Waals surface area contributed by atoms with Crippen LogP contribution in [0.2, 0.25) is 0 Å². The van der Waals surface area contributed by atoms with Crippen LogP contribution in [0.5, 0.6) is 5.75 Å². The molecule has 0 spiro atoms. The second kappa shape index (κ2) is 10.0. The van der Waals surface area contributed by atoms with Gasteiger partial charge in [0.2, 0.25) is 5.91 Å². The molecule has 0 saturated carbocycles. The summed E-state index contributed by atoms with van der Waals surface area (Å²) in [5, 5.41) is 14.4. The number of nitrogens with one attached hydrogen (secondary N) is 1. The molecule has 0 aliphatic heterocycles. The SMILES string of the molecule is CC(Oc1ccc(F)cc1)c1nnc(SCC(=O)Nc2ccc3ccccc3c2)n1C(C)C. The van der Waals surface area contributed by atoms with Crippen LogP contribution in [-0.4, -0.2) is 26.4 Å². The van der Waals surface area contributed by atoms with E-state index in [1.807, 2.05) is 67.8 Å². The van der Waals surface area contributed by atoms with Crippen LogP contribution >= 0.6 is 11.8 Å². The Kier molecular flexibility index (Phi) is 6.93. The second-order valence-electron chi connectivity index (χ2n) is 7.92. The van der Waals surface area contributed by atoms with Crippen LogP contribution in [0.4, 0.5) is 10.1 Å². The number of halogens is 1. The van der Waals surface area contributed by atoms with Gasteiger partial charge in [0.15, 0.2) is 17.1 Å². The molecule has 1 unspecified atom stereocenters. The van der Waals surface area contributed by atoms with E-state index in [1.165, 1.54) is 23.9 Å². The zero-order valence-electron chi connectivity index (χ0n) is 18.7. The summed E-state index contributed by atoms with van der Waals surface area (Å²) in [7, 11) is 0. The van der Waals surface area contributed by atoms with Gasteiger partial charge in [-0.25, -0.2) is 4.39 Å². The fourth-order valence-electron chi connectivity index (χ4n) is 3.51. The highest BCUT2D eigenvalue weighted by molar-refractivity contribution is 7.99. The van der Waals surface area contributed by atoms with Gasteiger partial charge in [0, 0.05) is 11.7 Å². The lowest BCUT2D eigenvalue weighted by Crippen LogP contribution is -2.16. The van der Waals surface area contributed by atoms with Gasteiger partial charge in [0.1, 0.15) is 11.6 Å². The number of amides is 1. The van der Waals surface area contributed by atoms with E-state index in [0.29, 0.717) is 16.7 Å². The summed E-state index contributed by atoms with van der Waals surface area (Å²) in [6, 6.07) is 19.8. The van der Waals surface area contributed by atoms with Crippen LogP contribution in [0.3, 0.4) is 0 Å². The Bertz CT molecular complexity index is 1260. The van der Waals surface area contributed by atoms with Crippen molar-refractivity contribution in [3.63, 3.8) is 0 Å². The molecule has 4 aromatic rings. The normalized spacial score (nSPS) is 12.2. The first-order valence-electron chi connectivity index (χ1n) is 10.7. The molecule has 0 aliphatic carbocycles. The van der Waals surface area contributed by atoms with Crippen molar-refractivity contribution in [1.82, 2.24) is 14.8 Å². The van der Waals surface area contributed by atoms with Crippen molar-refractivity contribution in [2.75, 3.05) is 11.1 Å². The van der Waals surface area contributed by atoms with E-state index in [-0.39, 0.29) is 23.5 Å². The minimum absolute atomic E-state index is 0.0697. The largest absolute Gasteiger partial charge is 0.483 e. The maximum absolute atomic E-state index is 13.2. The molecule has 0 saturated heterocycles. The summed E-state index contributed by atoms with van der Waals surface area (Å²) in [6.07, 6.45) is -0.397. The summed E-state index contributed by atoms with van der Waals surface area (Å²) in [4.78, 5) is 12.6. The molecule has 0 aliphatic rings. The lowest BCUT2D eigenvalue weighted by Gasteiger charge is -2.18. The lowest BCUT2D eigenvalue weighted by molar-refractivity contribution is -0.113. The first kappa shape index (κ1) is 22.8. The van der Waals surface area contributed by atoms with Gasteiger partial charge in [-0.2, -0.15) is 0 Å². The molecule has 3 aromatic carbocycles. The summed E-state index contributed by atoms with van der Waals surface area (Å²) >= 11 is 1.33. The highest BCUT2D eigenvalue weighted by atomic mass is 32.2. The van der Waals surface area contributed by atoms with Crippen molar-refractivity contribution in [1.29, 1.82) is 0 Å². The number of fused-ring (bicyclic) bond motifs is 1. The number of carbonyl (C=O) groups excluding carboxylic acids is 1. The number of thioether (sulfide) groups is 1. The average molecular weight is 465 g/mol. The molecule has 1 atom stereocenters. The number of ether oxygens (including phenoxy) is 1. The molecule has 0 bridgehead atoms. The lowest BCUT2D eigenvalue weighted by atomic mass is 10.1. The van der Waals surface area contributed by atoms with Crippen LogP contribution < -0.4 is 10.1 Å². The van der Waals surface area contributed by atoms with Gasteiger partial charge >= 0.3 is 0 Å². The Morgan fingerprint density at radius 3 is 2.48 bits per heavy atom. The van der Waals surface area contributed by atoms with Gasteiger partial charge in [-0.1, -0.05) is 42.1 Å². The van der Waals surface area contributed by atoms with Gasteiger partial charge in [0.05, 0.1) is 5.75 Å². The number of anilines is 1. The predicted molar refractivity (Wildman–Crippen MR) is 129 cm³/mol. The molecule has 0 fully saturated rings. The second-order valence-corrected chi connectivity index (χ2v) is 8.86. The number of aromatic nitrogens is 3. The summed E-state index contributed by atoms with van der Waals surface area (Å²) in [5.41, 5.74) is 0.756. The fourth-order valence-corrected chi connectivity index (χ4v) is 4.39. The third-order valence-corrected chi connectivity index (χ3v) is 6.01. The van der Waals surface area contributed by atoms with E-state index >= 15 is 0 Å². The number of rotatable bonds is 8. The maximum Gasteiger partial charge on any atom is 0.234 e. The van der Waals surface area contributed by atoms with Crippen molar-refractivity contribution in [2.45, 2.75) is 38.1 Å². The van der Waals surface area contributed by atoms with E-state index in [9.17, 15) is 9.18 Å². The van der Waals surface area contributed by atoms with Crippen molar-refractivity contribution >= 4 is 34.1 Å². The number of carbonyl (C=O) groups is 1. The Balaban J connectivity index is 1.42. The quantitative estimate of drug-likeness (QED) is 0.323. The Hall–Kier alpha value is -3.39. The molecule has 8 heteroatoms. The fraction of sp³-hybridized carbons (Fsp3) is 0.240. The predicted octanol–water partition coefficient (Wildman–Crippen LogP) is 6.02. The number of nitrogens with zero attached hydrogens (tertiary/aromatic N) is 3. The van der Waals surface area contributed by atoms with Crippen molar-refractivity contribution in [3.05, 3.63) is 78.4 Å². The molecule has 4 rings (SSSR count). The summed E-state index contributed by atoms with van der Waals surface area (Å²) in [6.45, 7) is 5.92. The molecular formula is C25H25FN4O2S. The molecule has 1 heterocycles. The van der Waals surface area contributed by atoms with Crippen LogP contribution in [-0.2, 0) is 4.79 Å². The van der Waals surface area contributed by atoms with Gasteiger partial charge in [-0.15, -0.1) is 10.2 Å². The van der Waals surface area contributed by atoms with Crippen LogP contribution in [0, 0.1) is 5.82 Å². The van der Waals surface area contributed by atoms with Gasteiger partial charge < -0.3 is 14.6 Å². The first-order chi connectivity index (χ1) is 15.9. The molecule has 0 radical (unpaired) electrons. The molecule has 1 amide bonds. The summed E-state index contributed by atoms with van der Waals surface area (Å²) < 4.78 is 21.0. The van der Waals surface area contributed by atoms with Gasteiger partial charge in [-0.05, 0) is 67.9 Å². The van der Waals surface area contributed by atoms with Gasteiger partial charge in [-0.3, -0.25) is 4.79 Å². The van der Waals surface area contributed by atoms with E-state index in [2.05, 4.69) is 15.5 Å². The maximum atomic E-state index is 13.2. The minimum atomic E-state index is -0.397. The van der Waals surface area contributed by atoms with Crippen LogP contribution in [0.15, 0.2) is 71.9 Å². The molecule has 1 aromatic heterocycles. The monoisotopic (exact) mass is 464 g/mol. The molecule has 33 heavy (non-hydrogen) atoms. The number of hydrogen-bond donors (Lipinski definition) is 1. The highest BCUT2D eigenvalue weighted by Gasteiger charge is 2.22. The highest BCUT2D eigenvalue weighted by Crippen LogP contribution is 2.28. The average Bonchev–Trinajstić information content (AvgIpc) is 3.24. The third kappa shape index (κ3) is 5.51. The van der Waals surface area contributed by atoms with E-state index in [4.69, 9.17) is 4.74 Å². The topological polar surface area (TPSA) is 69.0 Å². The minimum Gasteiger partial charge on any atom is -0.483 e. The molecule has 170 valence electrons. The van der Waals surface area contributed by atoms with E-state index in [1.54, 1.807) is 12.1 Å². The third-order valence-electron chi connectivity index (χ3n) is 5.06. The van der Waals surface area contributed by atoms with Gasteiger partial charge in [0.25, 0.3) is 0 Å². The molecule has 6 nitrogen and oxygen atoms in total. The van der Waals surface area contributed by atoms with Crippen molar-refractivity contribution in [3.8, 4) is 5.75 Å². The number of hydrogen-bond acceptors (Lipinski definition) is 5. The van der Waals surface area contributed by atoms with Crippen LogP contribution in [0.25, 0.3) is 10.8 Å². The Morgan fingerprint density at radius 2 is 1.76 bits per heavy atom. The van der Waals surface area contributed by atoms with E-state index in [0.717, 1.165) is 16.5 Å². The Labute approximate surface area is 196 Å². The first-order valence-corrected chi connectivity index (χ1v) is 11.7. The Morgan fingerprint density at radius 1 is 1.03 bits per heavy atom. The van der Waals surface area contributed by atoms with Crippen LogP contribution in [0.1, 0.15) is 38.7 Å². The standard InChI is InChI=1S/C25H25FN4O2S/c1-16(2)30-24(17(3)32-22-12-9-20(26)10-13-22)28-29-25(30)33-15-23(31)27-21-11-8-18-6-4-5-7-19(18)14-21/h4-14,16-17H,15H2,1-3H3,(H,27,31). The zero-order valence-corrected chi connectivity index (χ0v) is 19.5. The van der Waals surface area contributed by atoms with Crippen molar-refractivity contribution in [2.24, 2.45) is 0 Å². The molecular weight excluding hydrogens is 439 g/mol. The number of benzene rings is 3. The van der Waals surface area contributed by atoms with Crippen molar-refractivity contribution < 1.29 is 13.9 Å². The smallest absolute Gasteiger partial charge is 0.234 e.